The molecule has 0 spiro atoms. The number of ether oxygens (including phenoxy) is 1. The Morgan fingerprint density at radius 2 is 2.31 bits per heavy atom. The minimum Gasteiger partial charge on any atom is -0.397 e. The largest absolute Gasteiger partial charge is 0.397 e. The molecule has 5 heteroatoms. The summed E-state index contributed by atoms with van der Waals surface area (Å²) in [7, 11) is 0. The van der Waals surface area contributed by atoms with Crippen LogP contribution in [-0.2, 0) is 4.74 Å². The number of morpholine rings is 1. The van der Waals surface area contributed by atoms with Crippen LogP contribution in [0.3, 0.4) is 0 Å². The highest BCUT2D eigenvalue weighted by atomic mass is 79.9. The van der Waals surface area contributed by atoms with Gasteiger partial charge >= 0.3 is 0 Å². The second-order valence-corrected chi connectivity index (χ2v) is 4.81. The summed E-state index contributed by atoms with van der Waals surface area (Å²) in [6.45, 7) is 4.14. The van der Waals surface area contributed by atoms with Crippen LogP contribution in [0.4, 0.5) is 15.8 Å². The van der Waals surface area contributed by atoms with Crippen LogP contribution in [0.2, 0.25) is 0 Å². The summed E-state index contributed by atoms with van der Waals surface area (Å²) in [5.41, 5.74) is 7.22. The summed E-state index contributed by atoms with van der Waals surface area (Å²) in [5, 5.41) is 0. The van der Waals surface area contributed by atoms with Crippen molar-refractivity contribution < 1.29 is 9.13 Å². The second kappa shape index (κ2) is 4.59. The van der Waals surface area contributed by atoms with E-state index in [0.717, 1.165) is 18.8 Å². The van der Waals surface area contributed by atoms with Crippen LogP contribution in [0.1, 0.15) is 6.92 Å². The van der Waals surface area contributed by atoms with E-state index in [0.29, 0.717) is 16.8 Å². The average Bonchev–Trinajstić information content (AvgIpc) is 2.23. The third kappa shape index (κ3) is 2.30. The molecule has 1 aromatic rings. The molecule has 0 aromatic heterocycles. The molecular weight excluding hydrogens is 275 g/mol. The third-order valence-electron chi connectivity index (χ3n) is 2.65. The molecule has 0 bridgehead atoms. The van der Waals surface area contributed by atoms with E-state index >= 15 is 0 Å². The van der Waals surface area contributed by atoms with Crippen LogP contribution in [0.15, 0.2) is 16.6 Å². The zero-order chi connectivity index (χ0) is 11.7. The molecule has 88 valence electrons. The van der Waals surface area contributed by atoms with Crippen molar-refractivity contribution in [2.24, 2.45) is 0 Å². The van der Waals surface area contributed by atoms with Crippen molar-refractivity contribution in [3.8, 4) is 0 Å². The molecule has 1 heterocycles. The predicted octanol–water partition coefficient (Wildman–Crippen LogP) is 2.40. The zero-order valence-corrected chi connectivity index (χ0v) is 10.6. The molecule has 1 aliphatic heterocycles. The molecule has 0 amide bonds. The first kappa shape index (κ1) is 11.7. The number of halogens is 2. The number of benzene rings is 1. The van der Waals surface area contributed by atoms with Gasteiger partial charge in [-0.2, -0.15) is 0 Å². The van der Waals surface area contributed by atoms with Gasteiger partial charge in [0.25, 0.3) is 0 Å². The summed E-state index contributed by atoms with van der Waals surface area (Å²) >= 11 is 3.12. The van der Waals surface area contributed by atoms with Crippen LogP contribution in [0.25, 0.3) is 0 Å². The van der Waals surface area contributed by atoms with Gasteiger partial charge in [0.2, 0.25) is 0 Å². The molecule has 1 aromatic carbocycles. The Bertz CT molecular complexity index is 400. The van der Waals surface area contributed by atoms with Crippen LogP contribution < -0.4 is 10.6 Å². The van der Waals surface area contributed by atoms with Crippen molar-refractivity contribution >= 4 is 27.3 Å². The molecule has 1 saturated heterocycles. The van der Waals surface area contributed by atoms with Gasteiger partial charge in [0, 0.05) is 19.2 Å². The lowest BCUT2D eigenvalue weighted by Gasteiger charge is -2.33. The van der Waals surface area contributed by atoms with E-state index in [9.17, 15) is 4.39 Å². The maximum Gasteiger partial charge on any atom is 0.139 e. The molecule has 0 radical (unpaired) electrons. The van der Waals surface area contributed by atoms with Crippen molar-refractivity contribution in [3.63, 3.8) is 0 Å². The quantitative estimate of drug-likeness (QED) is 0.807. The second-order valence-electron chi connectivity index (χ2n) is 3.95. The topological polar surface area (TPSA) is 38.5 Å². The minimum absolute atomic E-state index is 0.153. The summed E-state index contributed by atoms with van der Waals surface area (Å²) in [6.07, 6.45) is 0.153. The van der Waals surface area contributed by atoms with Crippen molar-refractivity contribution in [2.75, 3.05) is 30.3 Å². The van der Waals surface area contributed by atoms with Crippen molar-refractivity contribution in [1.82, 2.24) is 0 Å². The highest BCUT2D eigenvalue weighted by Gasteiger charge is 2.19. The van der Waals surface area contributed by atoms with Crippen LogP contribution >= 0.6 is 15.9 Å². The number of nitrogen functional groups attached to an aromatic ring is 1. The molecule has 2 N–H and O–H groups in total. The monoisotopic (exact) mass is 288 g/mol. The van der Waals surface area contributed by atoms with Crippen LogP contribution in [-0.4, -0.2) is 25.8 Å². The van der Waals surface area contributed by atoms with Gasteiger partial charge in [-0.05, 0) is 28.9 Å². The van der Waals surface area contributed by atoms with Gasteiger partial charge in [-0.15, -0.1) is 0 Å². The van der Waals surface area contributed by atoms with Gasteiger partial charge in [0.1, 0.15) is 5.82 Å². The smallest absolute Gasteiger partial charge is 0.139 e. The Balaban J connectivity index is 2.29. The Hall–Kier alpha value is -0.810. The summed E-state index contributed by atoms with van der Waals surface area (Å²) in [6, 6.07) is 3.07. The number of anilines is 2. The third-order valence-corrected chi connectivity index (χ3v) is 3.26. The first-order valence-corrected chi connectivity index (χ1v) is 5.98. The Morgan fingerprint density at radius 1 is 1.56 bits per heavy atom. The molecule has 16 heavy (non-hydrogen) atoms. The predicted molar refractivity (Wildman–Crippen MR) is 66.1 cm³/mol. The van der Waals surface area contributed by atoms with Crippen LogP contribution in [0, 0.1) is 5.82 Å². The van der Waals surface area contributed by atoms with Crippen molar-refractivity contribution in [1.29, 1.82) is 0 Å². The fraction of sp³-hybridized carbons (Fsp3) is 0.455. The van der Waals surface area contributed by atoms with Gasteiger partial charge in [-0.3, -0.25) is 0 Å². The lowest BCUT2D eigenvalue weighted by molar-refractivity contribution is 0.0532. The SMILES string of the molecule is CC1CN(c2cc(F)c(Br)cc2N)CCO1. The fourth-order valence-corrected chi connectivity index (χ4v) is 2.22. The molecule has 3 nitrogen and oxygen atoms in total. The Morgan fingerprint density at radius 3 is 3.00 bits per heavy atom. The molecular formula is C11H14BrFN2O. The van der Waals surface area contributed by atoms with Crippen molar-refractivity contribution in [3.05, 3.63) is 22.4 Å². The maximum absolute atomic E-state index is 13.5. The lowest BCUT2D eigenvalue weighted by Crippen LogP contribution is -2.41. The standard InChI is InChI=1S/C11H14BrFN2O/c1-7-6-15(2-3-16-7)11-5-9(13)8(12)4-10(11)14/h4-5,7H,2-3,6,14H2,1H3. The van der Waals surface area contributed by atoms with Gasteiger partial charge in [0.15, 0.2) is 0 Å². The molecule has 1 unspecified atom stereocenters. The van der Waals surface area contributed by atoms with Crippen molar-refractivity contribution in [2.45, 2.75) is 13.0 Å². The molecule has 0 aliphatic carbocycles. The average molecular weight is 289 g/mol. The Kier molecular flexibility index (Phi) is 3.35. The zero-order valence-electron chi connectivity index (χ0n) is 9.04. The maximum atomic E-state index is 13.5. The lowest BCUT2D eigenvalue weighted by atomic mass is 10.2. The summed E-state index contributed by atoms with van der Waals surface area (Å²) < 4.78 is 19.3. The molecule has 1 atom stereocenters. The first-order chi connectivity index (χ1) is 7.58. The number of nitrogens with two attached hydrogens (primary N) is 1. The van der Waals surface area contributed by atoms with Crippen LogP contribution in [0.5, 0.6) is 0 Å². The van der Waals surface area contributed by atoms with Gasteiger partial charge < -0.3 is 15.4 Å². The number of hydrogen-bond acceptors (Lipinski definition) is 3. The normalized spacial score (nSPS) is 21.2. The molecule has 1 fully saturated rings. The minimum atomic E-state index is -0.289. The summed E-state index contributed by atoms with van der Waals surface area (Å²) in [5.74, 6) is -0.289. The molecule has 1 aliphatic rings. The number of rotatable bonds is 1. The van der Waals surface area contributed by atoms with E-state index in [1.165, 1.54) is 6.07 Å². The molecule has 2 rings (SSSR count). The summed E-state index contributed by atoms with van der Waals surface area (Å²) in [4.78, 5) is 2.05. The Labute approximate surface area is 102 Å². The van der Waals surface area contributed by atoms with Gasteiger partial charge in [-0.1, -0.05) is 0 Å². The van der Waals surface area contributed by atoms with E-state index in [-0.39, 0.29) is 11.9 Å². The molecule has 0 saturated carbocycles. The fourth-order valence-electron chi connectivity index (χ4n) is 1.86. The first-order valence-electron chi connectivity index (χ1n) is 5.19. The van der Waals surface area contributed by atoms with E-state index < -0.39 is 0 Å². The number of nitrogens with zero attached hydrogens (tertiary/aromatic N) is 1. The van der Waals surface area contributed by atoms with Gasteiger partial charge in [-0.25, -0.2) is 4.39 Å². The van der Waals surface area contributed by atoms with E-state index in [4.69, 9.17) is 10.5 Å². The highest BCUT2D eigenvalue weighted by molar-refractivity contribution is 9.10. The van der Waals surface area contributed by atoms with E-state index in [2.05, 4.69) is 20.8 Å². The van der Waals surface area contributed by atoms with Gasteiger partial charge in [0.05, 0.1) is 28.6 Å². The highest BCUT2D eigenvalue weighted by Crippen LogP contribution is 2.30. The number of hydrogen-bond donors (Lipinski definition) is 1. The van der Waals surface area contributed by atoms with E-state index in [1.54, 1.807) is 6.07 Å². The van der Waals surface area contributed by atoms with E-state index in [1.807, 2.05) is 6.92 Å².